The van der Waals surface area contributed by atoms with Crippen LogP contribution in [0.1, 0.15) is 56.7 Å². The lowest BCUT2D eigenvalue weighted by Gasteiger charge is -2.30. The van der Waals surface area contributed by atoms with Crippen molar-refractivity contribution in [1.29, 1.82) is 0 Å². The van der Waals surface area contributed by atoms with E-state index in [1.807, 2.05) is 6.20 Å². The first-order valence-corrected chi connectivity index (χ1v) is 14.5. The van der Waals surface area contributed by atoms with E-state index in [0.717, 1.165) is 32.1 Å². The van der Waals surface area contributed by atoms with E-state index in [2.05, 4.69) is 15.6 Å². The molecule has 0 saturated carbocycles. The Bertz CT molecular complexity index is 1230. The van der Waals surface area contributed by atoms with Crippen molar-refractivity contribution in [3.05, 3.63) is 36.2 Å². The van der Waals surface area contributed by atoms with Crippen LogP contribution in [0.4, 0.5) is 0 Å². The highest BCUT2D eigenvalue weighted by molar-refractivity contribution is 7.89. The maximum absolute atomic E-state index is 13.7. The molecular weight excluding hydrogens is 496 g/mol. The largest absolute Gasteiger partial charge is 0.497 e. The molecule has 0 bridgehead atoms. The number of ether oxygens (including phenoxy) is 1. The number of hydrogen-bond donors (Lipinski definition) is 1. The van der Waals surface area contributed by atoms with Gasteiger partial charge in [-0.3, -0.25) is 14.3 Å². The third-order valence-corrected chi connectivity index (χ3v) is 9.57. The molecule has 0 spiro atoms. The highest BCUT2D eigenvalue weighted by Crippen LogP contribution is 2.35. The van der Waals surface area contributed by atoms with Crippen LogP contribution in [-0.2, 0) is 26.2 Å². The number of methoxy groups -OCH3 is 1. The van der Waals surface area contributed by atoms with Gasteiger partial charge in [-0.2, -0.15) is 4.31 Å². The Morgan fingerprint density at radius 2 is 1.86 bits per heavy atom. The van der Waals surface area contributed by atoms with Crippen molar-refractivity contribution in [2.75, 3.05) is 26.7 Å². The molecule has 0 radical (unpaired) electrons. The van der Waals surface area contributed by atoms with Gasteiger partial charge in [0.05, 0.1) is 36.7 Å². The Hall–Kier alpha value is -2.99. The van der Waals surface area contributed by atoms with Gasteiger partial charge >= 0.3 is 0 Å². The smallest absolute Gasteiger partial charge is 0.243 e. The monoisotopic (exact) mass is 530 g/mol. The van der Waals surface area contributed by atoms with Crippen molar-refractivity contribution in [2.45, 2.75) is 68.5 Å². The lowest BCUT2D eigenvalue weighted by atomic mass is 10.0. The third-order valence-electron chi connectivity index (χ3n) is 7.65. The number of carbonyl (C=O) groups is 2. The summed E-state index contributed by atoms with van der Waals surface area (Å²) >= 11 is 0. The molecule has 37 heavy (non-hydrogen) atoms. The highest BCUT2D eigenvalue weighted by Gasteiger charge is 2.44. The van der Waals surface area contributed by atoms with E-state index >= 15 is 0 Å². The Morgan fingerprint density at radius 3 is 2.65 bits per heavy atom. The zero-order valence-electron chi connectivity index (χ0n) is 21.1. The van der Waals surface area contributed by atoms with Gasteiger partial charge in [0.15, 0.2) is 0 Å². The van der Waals surface area contributed by atoms with Gasteiger partial charge < -0.3 is 15.0 Å². The van der Waals surface area contributed by atoms with E-state index in [4.69, 9.17) is 4.74 Å². The molecule has 1 aromatic carbocycles. The molecule has 0 aliphatic carbocycles. The summed E-state index contributed by atoms with van der Waals surface area (Å²) in [5.41, 5.74) is 0.683. The molecule has 12 heteroatoms. The van der Waals surface area contributed by atoms with Crippen LogP contribution in [0.2, 0.25) is 0 Å². The lowest BCUT2D eigenvalue weighted by molar-refractivity contribution is -0.135. The third kappa shape index (κ3) is 5.22. The minimum atomic E-state index is -3.83. The fraction of sp³-hybridized carbons (Fsp3) is 0.600. The van der Waals surface area contributed by atoms with Gasteiger partial charge in [-0.05, 0) is 62.8 Å². The van der Waals surface area contributed by atoms with Crippen molar-refractivity contribution in [3.8, 4) is 5.75 Å². The van der Waals surface area contributed by atoms with E-state index in [9.17, 15) is 18.0 Å². The zero-order valence-corrected chi connectivity index (χ0v) is 21.9. The maximum Gasteiger partial charge on any atom is 0.243 e. The summed E-state index contributed by atoms with van der Waals surface area (Å²) in [5, 5.41) is 11.5. The fourth-order valence-electron chi connectivity index (χ4n) is 5.65. The minimum Gasteiger partial charge on any atom is -0.497 e. The van der Waals surface area contributed by atoms with Crippen LogP contribution >= 0.6 is 0 Å². The molecule has 3 atom stereocenters. The van der Waals surface area contributed by atoms with Crippen molar-refractivity contribution in [2.24, 2.45) is 5.92 Å². The van der Waals surface area contributed by atoms with Gasteiger partial charge in [0.2, 0.25) is 21.8 Å². The molecule has 3 fully saturated rings. The molecule has 3 aliphatic rings. The van der Waals surface area contributed by atoms with Crippen LogP contribution in [0.15, 0.2) is 35.4 Å². The predicted octanol–water partition coefficient (Wildman–Crippen LogP) is 1.72. The molecule has 4 heterocycles. The van der Waals surface area contributed by atoms with Crippen LogP contribution in [0, 0.1) is 5.92 Å². The minimum absolute atomic E-state index is 0.0478. The number of likely N-dealkylation sites (tertiary alicyclic amines) is 1. The molecule has 11 nitrogen and oxygen atoms in total. The van der Waals surface area contributed by atoms with Crippen molar-refractivity contribution in [1.82, 2.24) is 29.5 Å². The van der Waals surface area contributed by atoms with Gasteiger partial charge in [0.1, 0.15) is 17.5 Å². The van der Waals surface area contributed by atoms with E-state index < -0.39 is 16.1 Å². The maximum atomic E-state index is 13.7. The Morgan fingerprint density at radius 1 is 1.08 bits per heavy atom. The normalized spacial score (nSPS) is 25.2. The Balaban J connectivity index is 1.30. The van der Waals surface area contributed by atoms with Gasteiger partial charge in [-0.25, -0.2) is 8.42 Å². The van der Waals surface area contributed by atoms with Gasteiger partial charge in [-0.1, -0.05) is 11.6 Å². The Labute approximate surface area is 217 Å². The number of hydrogen-bond acceptors (Lipinski definition) is 7. The SMILES string of the molecule is COc1ccc(S(=O)(=O)N2CCC[C@H]2C(=O)N2CCCC2c2cn(CC3CCCCNC3=O)nn2)cc1. The Kier molecular flexibility index (Phi) is 7.47. The number of benzene rings is 1. The number of rotatable bonds is 7. The second-order valence-electron chi connectivity index (χ2n) is 9.99. The molecule has 2 unspecified atom stereocenters. The van der Waals surface area contributed by atoms with E-state index in [1.54, 1.807) is 21.7 Å². The second kappa shape index (κ2) is 10.8. The van der Waals surface area contributed by atoms with Gasteiger partial charge in [0, 0.05) is 19.6 Å². The van der Waals surface area contributed by atoms with Crippen LogP contribution in [0.5, 0.6) is 5.75 Å². The molecule has 1 aromatic heterocycles. The van der Waals surface area contributed by atoms with Gasteiger partial charge in [-0.15, -0.1) is 5.10 Å². The summed E-state index contributed by atoms with van der Waals surface area (Å²) in [5.74, 6) is 0.288. The first-order valence-electron chi connectivity index (χ1n) is 13.0. The number of aromatic nitrogens is 3. The summed E-state index contributed by atoms with van der Waals surface area (Å²) in [6.45, 7) is 2.02. The van der Waals surface area contributed by atoms with Crippen LogP contribution in [-0.4, -0.2) is 77.2 Å². The number of nitrogens with one attached hydrogen (secondary N) is 1. The van der Waals surface area contributed by atoms with Crippen LogP contribution in [0.3, 0.4) is 0 Å². The van der Waals surface area contributed by atoms with E-state index in [0.29, 0.717) is 50.5 Å². The van der Waals surface area contributed by atoms with E-state index in [1.165, 1.54) is 23.5 Å². The van der Waals surface area contributed by atoms with Crippen molar-refractivity contribution < 1.29 is 22.7 Å². The highest BCUT2D eigenvalue weighted by atomic mass is 32.2. The number of amides is 2. The molecule has 2 amide bonds. The summed E-state index contributed by atoms with van der Waals surface area (Å²) < 4.78 is 35.0. The lowest BCUT2D eigenvalue weighted by Crippen LogP contribution is -2.47. The number of carbonyl (C=O) groups excluding carboxylic acids is 2. The van der Waals surface area contributed by atoms with Crippen LogP contribution in [0.25, 0.3) is 0 Å². The standard InChI is InChI=1S/C25H34N6O5S/c1-36-19-9-11-20(12-10-19)37(34,35)31-15-5-8-23(31)25(33)30-14-4-7-22(30)21-17-29(28-27-21)16-18-6-2-3-13-26-24(18)32/h9-12,17-18,22-23H,2-8,13-16H2,1H3,(H,26,32)/t18?,22?,23-/m0/s1. The molecule has 3 aliphatic heterocycles. The predicted molar refractivity (Wildman–Crippen MR) is 134 cm³/mol. The molecule has 200 valence electrons. The quantitative estimate of drug-likeness (QED) is 0.578. The topological polar surface area (TPSA) is 127 Å². The summed E-state index contributed by atoms with van der Waals surface area (Å²) in [6, 6.07) is 5.25. The molecular formula is C25H34N6O5S. The molecule has 1 N–H and O–H groups in total. The van der Waals surface area contributed by atoms with Crippen LogP contribution < -0.4 is 10.1 Å². The fourth-order valence-corrected chi connectivity index (χ4v) is 7.30. The molecule has 2 aromatic rings. The molecule has 5 rings (SSSR count). The molecule has 3 saturated heterocycles. The summed E-state index contributed by atoms with van der Waals surface area (Å²) in [6.07, 6.45) is 7.29. The summed E-state index contributed by atoms with van der Waals surface area (Å²) in [4.78, 5) is 28.0. The first-order chi connectivity index (χ1) is 17.9. The summed E-state index contributed by atoms with van der Waals surface area (Å²) in [7, 11) is -2.30. The zero-order chi connectivity index (χ0) is 26.0. The average molecular weight is 531 g/mol. The average Bonchev–Trinajstić information content (AvgIpc) is 3.66. The second-order valence-corrected chi connectivity index (χ2v) is 11.9. The number of nitrogens with zero attached hydrogens (tertiary/aromatic N) is 5. The number of sulfonamides is 1. The van der Waals surface area contributed by atoms with E-state index in [-0.39, 0.29) is 28.7 Å². The van der Waals surface area contributed by atoms with Gasteiger partial charge in [0.25, 0.3) is 0 Å². The van der Waals surface area contributed by atoms with Crippen molar-refractivity contribution >= 4 is 21.8 Å². The van der Waals surface area contributed by atoms with Crippen molar-refractivity contribution in [3.63, 3.8) is 0 Å². The first kappa shape index (κ1) is 25.7.